The number of aromatic nitrogens is 2. The van der Waals surface area contributed by atoms with Crippen molar-refractivity contribution >= 4 is 39.2 Å². The molecule has 2 aromatic carbocycles. The van der Waals surface area contributed by atoms with Gasteiger partial charge in [0.2, 0.25) is 5.91 Å². The number of nitrogens with two attached hydrogens (primary N) is 1. The number of anilines is 1. The van der Waals surface area contributed by atoms with Gasteiger partial charge in [-0.15, -0.1) is 11.3 Å². The summed E-state index contributed by atoms with van der Waals surface area (Å²) >= 11 is 1.25. The SMILES string of the molecule is NC(=O)Cc1csc(NC(=O)c2cc(-c3ccccc3)nc3ccccc23)n1. The summed E-state index contributed by atoms with van der Waals surface area (Å²) in [5.41, 5.74) is 8.63. The normalized spacial score (nSPS) is 10.7. The lowest BCUT2D eigenvalue weighted by molar-refractivity contribution is -0.117. The third-order valence-electron chi connectivity index (χ3n) is 4.16. The second-order valence-corrected chi connectivity index (χ2v) is 7.04. The van der Waals surface area contributed by atoms with Crippen LogP contribution in [0.1, 0.15) is 16.1 Å². The maximum Gasteiger partial charge on any atom is 0.258 e. The second-order valence-electron chi connectivity index (χ2n) is 6.18. The molecular formula is C21H16N4O2S. The van der Waals surface area contributed by atoms with Gasteiger partial charge in [0.1, 0.15) is 0 Å². The number of amides is 2. The molecule has 0 aliphatic heterocycles. The monoisotopic (exact) mass is 388 g/mol. The number of thiazole rings is 1. The standard InChI is InChI=1S/C21H16N4O2S/c22-19(26)10-14-12-28-21(23-14)25-20(27)16-11-18(13-6-2-1-3-7-13)24-17-9-5-4-8-15(16)17/h1-9,11-12H,10H2,(H2,22,26)(H,23,25,27). The molecule has 4 aromatic rings. The molecule has 28 heavy (non-hydrogen) atoms. The summed E-state index contributed by atoms with van der Waals surface area (Å²) in [4.78, 5) is 32.9. The van der Waals surface area contributed by atoms with Crippen molar-refractivity contribution < 1.29 is 9.59 Å². The minimum Gasteiger partial charge on any atom is -0.369 e. The van der Waals surface area contributed by atoms with Crippen LogP contribution in [0.5, 0.6) is 0 Å². The van der Waals surface area contributed by atoms with Crippen molar-refractivity contribution in [3.05, 3.63) is 77.3 Å². The molecule has 2 amide bonds. The molecule has 0 atom stereocenters. The number of primary amides is 1. The van der Waals surface area contributed by atoms with Crippen molar-refractivity contribution in [3.63, 3.8) is 0 Å². The van der Waals surface area contributed by atoms with Gasteiger partial charge < -0.3 is 5.73 Å². The highest BCUT2D eigenvalue weighted by atomic mass is 32.1. The van der Waals surface area contributed by atoms with Gasteiger partial charge in [-0.05, 0) is 12.1 Å². The Labute approximate surface area is 165 Å². The van der Waals surface area contributed by atoms with Crippen LogP contribution in [0, 0.1) is 0 Å². The predicted molar refractivity (Wildman–Crippen MR) is 110 cm³/mol. The molecule has 0 saturated carbocycles. The minimum absolute atomic E-state index is 0.0444. The number of hydrogen-bond donors (Lipinski definition) is 2. The van der Waals surface area contributed by atoms with E-state index in [0.717, 1.165) is 22.2 Å². The van der Waals surface area contributed by atoms with Gasteiger partial charge in [-0.3, -0.25) is 14.9 Å². The number of rotatable bonds is 5. The molecule has 7 heteroatoms. The summed E-state index contributed by atoms with van der Waals surface area (Å²) in [7, 11) is 0. The largest absolute Gasteiger partial charge is 0.369 e. The highest BCUT2D eigenvalue weighted by Crippen LogP contribution is 2.26. The fraction of sp³-hybridized carbons (Fsp3) is 0.0476. The molecule has 0 fully saturated rings. The van der Waals surface area contributed by atoms with Gasteiger partial charge in [-0.1, -0.05) is 48.5 Å². The summed E-state index contributed by atoms with van der Waals surface area (Å²) in [6.45, 7) is 0. The lowest BCUT2D eigenvalue weighted by Crippen LogP contribution is -2.15. The first-order valence-corrected chi connectivity index (χ1v) is 9.47. The van der Waals surface area contributed by atoms with Crippen molar-refractivity contribution in [2.24, 2.45) is 5.73 Å². The molecule has 4 rings (SSSR count). The van der Waals surface area contributed by atoms with E-state index >= 15 is 0 Å². The van der Waals surface area contributed by atoms with Crippen LogP contribution in [-0.2, 0) is 11.2 Å². The summed E-state index contributed by atoms with van der Waals surface area (Å²) < 4.78 is 0. The lowest BCUT2D eigenvalue weighted by atomic mass is 10.0. The molecule has 2 heterocycles. The quantitative estimate of drug-likeness (QED) is 0.545. The third-order valence-corrected chi connectivity index (χ3v) is 4.96. The number of pyridine rings is 1. The average molecular weight is 388 g/mol. The molecule has 138 valence electrons. The number of nitrogens with zero attached hydrogens (tertiary/aromatic N) is 2. The van der Waals surface area contributed by atoms with Crippen LogP contribution in [-0.4, -0.2) is 21.8 Å². The Morgan fingerprint density at radius 3 is 2.54 bits per heavy atom. The van der Waals surface area contributed by atoms with Gasteiger partial charge in [0, 0.05) is 16.3 Å². The van der Waals surface area contributed by atoms with Gasteiger partial charge in [-0.2, -0.15) is 0 Å². The molecule has 3 N–H and O–H groups in total. The van der Waals surface area contributed by atoms with Gasteiger partial charge >= 0.3 is 0 Å². The van der Waals surface area contributed by atoms with Crippen molar-refractivity contribution in [3.8, 4) is 11.3 Å². The number of carbonyl (C=O) groups excluding carboxylic acids is 2. The summed E-state index contributed by atoms with van der Waals surface area (Å²) in [5.74, 6) is -0.744. The average Bonchev–Trinajstić information content (AvgIpc) is 3.13. The topological polar surface area (TPSA) is 98.0 Å². The van der Waals surface area contributed by atoms with Crippen LogP contribution in [0.15, 0.2) is 66.0 Å². The maximum atomic E-state index is 13.0. The van der Waals surface area contributed by atoms with Gasteiger partial charge in [0.15, 0.2) is 5.13 Å². The fourth-order valence-electron chi connectivity index (χ4n) is 2.91. The van der Waals surface area contributed by atoms with Crippen molar-refractivity contribution in [2.75, 3.05) is 5.32 Å². The Kier molecular flexibility index (Phi) is 4.82. The maximum absolute atomic E-state index is 13.0. The molecule has 0 bridgehead atoms. The second kappa shape index (κ2) is 7.58. The number of para-hydroxylation sites is 1. The van der Waals surface area contributed by atoms with Crippen molar-refractivity contribution in [1.29, 1.82) is 0 Å². The summed E-state index contributed by atoms with van der Waals surface area (Å²) in [6.07, 6.45) is 0.0444. The number of carbonyl (C=O) groups is 2. The van der Waals surface area contributed by atoms with Crippen LogP contribution in [0.25, 0.3) is 22.2 Å². The molecule has 0 radical (unpaired) electrons. The zero-order valence-electron chi connectivity index (χ0n) is 14.8. The van der Waals surface area contributed by atoms with E-state index < -0.39 is 5.91 Å². The lowest BCUT2D eigenvalue weighted by Gasteiger charge is -2.09. The van der Waals surface area contributed by atoms with Crippen LogP contribution in [0.3, 0.4) is 0 Å². The van der Waals surface area contributed by atoms with E-state index in [-0.39, 0.29) is 12.3 Å². The first-order chi connectivity index (χ1) is 13.6. The number of fused-ring (bicyclic) bond motifs is 1. The van der Waals surface area contributed by atoms with E-state index in [1.807, 2.05) is 54.6 Å². The number of nitrogens with one attached hydrogen (secondary N) is 1. The fourth-order valence-corrected chi connectivity index (χ4v) is 3.61. The molecule has 0 aliphatic carbocycles. The minimum atomic E-state index is -0.462. The summed E-state index contributed by atoms with van der Waals surface area (Å²) in [5, 5.41) is 5.70. The Bertz CT molecular complexity index is 1170. The number of hydrogen-bond acceptors (Lipinski definition) is 5. The molecule has 0 spiro atoms. The molecule has 0 unspecified atom stereocenters. The van der Waals surface area contributed by atoms with Crippen LogP contribution in [0.4, 0.5) is 5.13 Å². The Morgan fingerprint density at radius 1 is 1.00 bits per heavy atom. The molecule has 2 aromatic heterocycles. The zero-order chi connectivity index (χ0) is 19.5. The highest BCUT2D eigenvalue weighted by Gasteiger charge is 2.15. The van der Waals surface area contributed by atoms with E-state index in [4.69, 9.17) is 5.73 Å². The Balaban J connectivity index is 1.71. The van der Waals surface area contributed by atoms with Crippen LogP contribution in [0.2, 0.25) is 0 Å². The van der Waals surface area contributed by atoms with Crippen LogP contribution >= 0.6 is 11.3 Å². The Morgan fingerprint density at radius 2 is 1.75 bits per heavy atom. The highest BCUT2D eigenvalue weighted by molar-refractivity contribution is 7.14. The number of benzene rings is 2. The van der Waals surface area contributed by atoms with E-state index in [2.05, 4.69) is 15.3 Å². The first kappa shape index (κ1) is 17.8. The molecule has 0 aliphatic rings. The Hall–Kier alpha value is -3.58. The van der Waals surface area contributed by atoms with E-state index in [1.165, 1.54) is 11.3 Å². The molecule has 6 nitrogen and oxygen atoms in total. The predicted octanol–water partition coefficient (Wildman–Crippen LogP) is 3.64. The smallest absolute Gasteiger partial charge is 0.258 e. The van der Waals surface area contributed by atoms with Gasteiger partial charge in [-0.25, -0.2) is 9.97 Å². The zero-order valence-corrected chi connectivity index (χ0v) is 15.6. The third kappa shape index (κ3) is 3.74. The first-order valence-electron chi connectivity index (χ1n) is 8.59. The summed E-state index contributed by atoms with van der Waals surface area (Å²) in [6, 6.07) is 19.0. The van der Waals surface area contributed by atoms with Crippen molar-refractivity contribution in [1.82, 2.24) is 9.97 Å². The van der Waals surface area contributed by atoms with E-state index in [1.54, 1.807) is 11.4 Å². The van der Waals surface area contributed by atoms with Gasteiger partial charge in [0.05, 0.1) is 28.9 Å². The van der Waals surface area contributed by atoms with Crippen LogP contribution < -0.4 is 11.1 Å². The van der Waals surface area contributed by atoms with Crippen molar-refractivity contribution in [2.45, 2.75) is 6.42 Å². The van der Waals surface area contributed by atoms with E-state index in [9.17, 15) is 9.59 Å². The van der Waals surface area contributed by atoms with Gasteiger partial charge in [0.25, 0.3) is 5.91 Å². The molecular weight excluding hydrogens is 372 g/mol. The molecule has 0 saturated heterocycles. The van der Waals surface area contributed by atoms with E-state index in [0.29, 0.717) is 16.4 Å².